The molecule has 0 radical (unpaired) electrons. The molecule has 3 atom stereocenters. The molecule has 1 unspecified atom stereocenters. The Labute approximate surface area is 232 Å². The van der Waals surface area contributed by atoms with Gasteiger partial charge in [0.25, 0.3) is 0 Å². The second-order valence-corrected chi connectivity index (χ2v) is 12.5. The average molecular weight is 550 g/mol. The fraction of sp³-hybridized carbons (Fsp3) is 0.586. The van der Waals surface area contributed by atoms with E-state index >= 15 is 0 Å². The highest BCUT2D eigenvalue weighted by Crippen LogP contribution is 2.42. The highest BCUT2D eigenvalue weighted by Gasteiger charge is 2.45. The summed E-state index contributed by atoms with van der Waals surface area (Å²) in [6.07, 6.45) is 10.3. The number of rotatable bonds is 8. The van der Waals surface area contributed by atoms with Crippen LogP contribution in [-0.4, -0.2) is 74.9 Å². The lowest BCUT2D eigenvalue weighted by atomic mass is 9.77. The summed E-state index contributed by atoms with van der Waals surface area (Å²) in [5.74, 6) is 1.53. The molecule has 1 saturated heterocycles. The summed E-state index contributed by atoms with van der Waals surface area (Å²) in [6, 6.07) is 7.11. The number of carbonyl (C=O) groups excluding carboxylic acids is 1. The largest absolute Gasteiger partial charge is 0.390 e. The van der Waals surface area contributed by atoms with Crippen molar-refractivity contribution in [2.24, 2.45) is 11.8 Å². The van der Waals surface area contributed by atoms with Crippen molar-refractivity contribution < 1.29 is 19.4 Å². The zero-order chi connectivity index (χ0) is 26.3. The van der Waals surface area contributed by atoms with Gasteiger partial charge in [-0.1, -0.05) is 17.4 Å². The average Bonchev–Trinajstić information content (AvgIpc) is 3.57. The molecular formula is C29H35N5O4S. The minimum atomic E-state index is -0.384. The Morgan fingerprint density at radius 2 is 2.00 bits per heavy atom. The number of aliphatic hydroxyl groups is 1. The van der Waals surface area contributed by atoms with Gasteiger partial charge in [0.2, 0.25) is 5.91 Å². The van der Waals surface area contributed by atoms with Gasteiger partial charge in [-0.2, -0.15) is 0 Å². The van der Waals surface area contributed by atoms with Gasteiger partial charge in [-0.15, -0.1) is 0 Å². The third-order valence-electron chi connectivity index (χ3n) is 8.83. The number of benzene rings is 1. The van der Waals surface area contributed by atoms with Gasteiger partial charge in [-0.25, -0.2) is 15.0 Å². The number of amides is 1. The van der Waals surface area contributed by atoms with Gasteiger partial charge in [0.05, 0.1) is 35.6 Å². The monoisotopic (exact) mass is 549 g/mol. The number of nitrogens with one attached hydrogen (secondary N) is 1. The predicted octanol–water partition coefficient (Wildman–Crippen LogP) is 4.01. The molecule has 7 rings (SSSR count). The van der Waals surface area contributed by atoms with Crippen LogP contribution in [0.25, 0.3) is 21.3 Å². The number of anilines is 1. The highest BCUT2D eigenvalue weighted by atomic mass is 32.1. The SMILES string of the molecule is O=C(Nc1nc2ccc(-c3cnc(CO[C@H]4CCC[C@@H]4O)nc3)cc2s1)C1CC(N2CCOCC2C2CC2)C1. The van der Waals surface area contributed by atoms with Gasteiger partial charge in [0.15, 0.2) is 11.0 Å². The first kappa shape index (κ1) is 25.5. The van der Waals surface area contributed by atoms with Gasteiger partial charge >= 0.3 is 0 Å². The number of hydrogen-bond donors (Lipinski definition) is 2. The number of ether oxygens (including phenoxy) is 2. The molecule has 0 spiro atoms. The van der Waals surface area contributed by atoms with Crippen LogP contribution in [0.5, 0.6) is 0 Å². The molecule has 9 nitrogen and oxygen atoms in total. The first-order chi connectivity index (χ1) is 19.1. The van der Waals surface area contributed by atoms with Crippen LogP contribution in [-0.2, 0) is 20.9 Å². The van der Waals surface area contributed by atoms with Crippen LogP contribution in [0.3, 0.4) is 0 Å². The molecule has 3 saturated carbocycles. The molecule has 3 aromatic rings. The standard InChI is InChI=1S/C29H35N5O4S/c35-24-2-1-3-25(24)38-16-27-30-13-20(14-31-27)18-6-7-22-26(12-18)39-29(32-22)33-28(36)19-10-21(11-19)34-8-9-37-15-23(34)17-4-5-17/h6-7,12-14,17,19,21,23-25,35H,1-5,8-11,15-16H2,(H,32,33,36)/t19?,21?,23?,24-,25-/m0/s1. The number of thiazole rings is 1. The Balaban J connectivity index is 0.949. The summed E-state index contributed by atoms with van der Waals surface area (Å²) in [4.78, 5) is 29.2. The summed E-state index contributed by atoms with van der Waals surface area (Å²) < 4.78 is 12.5. The van der Waals surface area contributed by atoms with E-state index in [0.29, 0.717) is 29.6 Å². The molecule has 4 fully saturated rings. The van der Waals surface area contributed by atoms with Gasteiger partial charge < -0.3 is 19.9 Å². The lowest BCUT2D eigenvalue weighted by Crippen LogP contribution is -2.57. The second-order valence-electron chi connectivity index (χ2n) is 11.5. The Bertz CT molecular complexity index is 1320. The van der Waals surface area contributed by atoms with E-state index in [4.69, 9.17) is 9.47 Å². The van der Waals surface area contributed by atoms with E-state index in [9.17, 15) is 9.90 Å². The van der Waals surface area contributed by atoms with Gasteiger partial charge in [-0.3, -0.25) is 9.69 Å². The topological polar surface area (TPSA) is 110 Å². The second kappa shape index (κ2) is 10.8. The zero-order valence-electron chi connectivity index (χ0n) is 22.0. The summed E-state index contributed by atoms with van der Waals surface area (Å²) in [5, 5.41) is 13.7. The van der Waals surface area contributed by atoms with Crippen LogP contribution < -0.4 is 5.32 Å². The predicted molar refractivity (Wildman–Crippen MR) is 148 cm³/mol. The molecule has 3 aliphatic carbocycles. The van der Waals surface area contributed by atoms with E-state index in [1.807, 2.05) is 12.1 Å². The van der Waals surface area contributed by atoms with Gasteiger partial charge in [0, 0.05) is 42.5 Å². The molecule has 3 heterocycles. The van der Waals surface area contributed by atoms with E-state index in [1.54, 1.807) is 12.4 Å². The summed E-state index contributed by atoms with van der Waals surface area (Å²) in [6.45, 7) is 2.95. The van der Waals surface area contributed by atoms with Crippen LogP contribution >= 0.6 is 11.3 Å². The Morgan fingerprint density at radius 1 is 1.15 bits per heavy atom. The molecule has 10 heteroatoms. The van der Waals surface area contributed by atoms with E-state index in [0.717, 1.165) is 79.1 Å². The van der Waals surface area contributed by atoms with Crippen molar-refractivity contribution in [2.45, 2.75) is 75.8 Å². The fourth-order valence-corrected chi connectivity index (χ4v) is 7.18. The molecule has 2 aromatic heterocycles. The molecule has 1 aliphatic heterocycles. The molecule has 4 aliphatic rings. The number of aliphatic hydroxyl groups excluding tert-OH is 1. The summed E-state index contributed by atoms with van der Waals surface area (Å²) in [5.41, 5.74) is 2.78. The minimum absolute atomic E-state index is 0.0526. The van der Waals surface area contributed by atoms with E-state index in [-0.39, 0.29) is 24.0 Å². The summed E-state index contributed by atoms with van der Waals surface area (Å²) in [7, 11) is 0. The smallest absolute Gasteiger partial charge is 0.229 e. The van der Waals surface area contributed by atoms with Crippen molar-refractivity contribution in [3.8, 4) is 11.1 Å². The Morgan fingerprint density at radius 3 is 2.77 bits per heavy atom. The van der Waals surface area contributed by atoms with Crippen molar-refractivity contribution in [2.75, 3.05) is 25.1 Å². The van der Waals surface area contributed by atoms with Crippen LogP contribution in [0, 0.1) is 11.8 Å². The molecule has 1 amide bonds. The number of aromatic nitrogens is 3. The molecule has 39 heavy (non-hydrogen) atoms. The summed E-state index contributed by atoms with van der Waals surface area (Å²) >= 11 is 1.50. The first-order valence-corrected chi connectivity index (χ1v) is 15.1. The third kappa shape index (κ3) is 5.45. The highest BCUT2D eigenvalue weighted by molar-refractivity contribution is 7.22. The Hall–Kier alpha value is -2.50. The van der Waals surface area contributed by atoms with Crippen LogP contribution in [0.1, 0.15) is 50.8 Å². The minimum Gasteiger partial charge on any atom is -0.390 e. The zero-order valence-corrected chi connectivity index (χ0v) is 22.8. The van der Waals surface area contributed by atoms with Crippen molar-refractivity contribution in [1.29, 1.82) is 0 Å². The number of fused-ring (bicyclic) bond motifs is 1. The van der Waals surface area contributed by atoms with Crippen LogP contribution in [0.2, 0.25) is 0 Å². The van der Waals surface area contributed by atoms with Crippen LogP contribution in [0.15, 0.2) is 30.6 Å². The number of nitrogens with zero attached hydrogens (tertiary/aromatic N) is 4. The number of morpholine rings is 1. The van der Waals surface area contributed by atoms with E-state index < -0.39 is 0 Å². The lowest BCUT2D eigenvalue weighted by molar-refractivity contribution is -0.127. The molecule has 2 N–H and O–H groups in total. The maximum absolute atomic E-state index is 13.0. The van der Waals surface area contributed by atoms with E-state index in [2.05, 4.69) is 31.2 Å². The lowest BCUT2D eigenvalue weighted by Gasteiger charge is -2.47. The molecule has 0 bridgehead atoms. The molecule has 206 valence electrons. The third-order valence-corrected chi connectivity index (χ3v) is 9.76. The maximum Gasteiger partial charge on any atom is 0.229 e. The maximum atomic E-state index is 13.0. The van der Waals surface area contributed by atoms with Crippen molar-refractivity contribution in [3.63, 3.8) is 0 Å². The van der Waals surface area contributed by atoms with Crippen LogP contribution in [0.4, 0.5) is 5.13 Å². The number of carbonyl (C=O) groups is 1. The molecule has 1 aromatic carbocycles. The first-order valence-electron chi connectivity index (χ1n) is 14.3. The normalized spacial score (nSPS) is 29.4. The molecular weight excluding hydrogens is 514 g/mol. The van der Waals surface area contributed by atoms with Gasteiger partial charge in [-0.05, 0) is 68.6 Å². The Kier molecular flexibility index (Phi) is 7.06. The number of hydrogen-bond acceptors (Lipinski definition) is 9. The van der Waals surface area contributed by atoms with Crippen molar-refractivity contribution >= 4 is 32.6 Å². The van der Waals surface area contributed by atoms with E-state index in [1.165, 1.54) is 24.2 Å². The van der Waals surface area contributed by atoms with Crippen molar-refractivity contribution in [3.05, 3.63) is 36.4 Å². The van der Waals surface area contributed by atoms with Crippen molar-refractivity contribution in [1.82, 2.24) is 19.9 Å². The fourth-order valence-electron chi connectivity index (χ4n) is 6.28. The van der Waals surface area contributed by atoms with Gasteiger partial charge in [0.1, 0.15) is 6.61 Å². The quantitative estimate of drug-likeness (QED) is 0.434.